The Morgan fingerprint density at radius 3 is 1.32 bits per heavy atom. The van der Waals surface area contributed by atoms with E-state index in [-0.39, 0.29) is 5.43 Å². The molecule has 0 aromatic heterocycles. The van der Waals surface area contributed by atoms with Crippen LogP contribution < -0.4 is 0 Å². The maximum absolute atomic E-state index is 2.53. The first-order valence-corrected chi connectivity index (χ1v) is 31.3. The van der Waals surface area contributed by atoms with Gasteiger partial charge in [-0.3, -0.25) is 0 Å². The average Bonchev–Trinajstić information content (AvgIpc) is 3.86. The largest absolute Gasteiger partial charge is 0.165 e. The Labute approximate surface area is 389 Å². The predicted octanol–water partition coefficient (Wildman–Crippen LogP) is 16.8. The second kappa shape index (κ2) is 16.9. The van der Waals surface area contributed by atoms with Gasteiger partial charge in [0.25, 0.3) is 0 Å². The molecular weight excluding hydrogens is 840 g/mol. The van der Waals surface area contributed by atoms with E-state index in [0.29, 0.717) is 10.8 Å². The normalized spacial score (nSPS) is 32.7. The third-order valence-corrected chi connectivity index (χ3v) is 17.8. The maximum atomic E-state index is 2.53. The molecule has 6 aromatic carbocycles. The minimum atomic E-state index is 0.210. The molecule has 0 heterocycles. The van der Waals surface area contributed by atoms with Crippen molar-refractivity contribution in [3.05, 3.63) is 131 Å². The van der Waals surface area contributed by atoms with Gasteiger partial charge in [0.2, 0.25) is 0 Å². The predicted molar refractivity (Wildman–Crippen MR) is 262 cm³/mol. The Kier molecular flexibility index (Phi) is 11.4. The first-order chi connectivity index (χ1) is 30.1. The molecule has 0 atom stereocenters. The summed E-state index contributed by atoms with van der Waals surface area (Å²) in [6.07, 6.45) is 23.4. The van der Waals surface area contributed by atoms with Gasteiger partial charge in [0.1, 0.15) is 0 Å². The van der Waals surface area contributed by atoms with Crippen molar-refractivity contribution in [2.75, 3.05) is 0 Å². The summed E-state index contributed by atoms with van der Waals surface area (Å²) in [5.74, 6) is 7.77. The van der Waals surface area contributed by atoms with Crippen molar-refractivity contribution in [1.29, 1.82) is 0 Å². The molecule has 0 N–H and O–H groups in total. The van der Waals surface area contributed by atoms with E-state index in [1.165, 1.54) is 152 Å². The fourth-order valence-corrected chi connectivity index (χ4v) is 15.9. The van der Waals surface area contributed by atoms with Crippen LogP contribution in [0.15, 0.2) is 109 Å². The number of fused-ring (bicyclic) bond motifs is 2. The minimum Gasteiger partial charge on any atom is -0.165 e. The van der Waals surface area contributed by atoms with Gasteiger partial charge in [0.05, 0.1) is 0 Å². The van der Waals surface area contributed by atoms with Crippen LogP contribution in [0.25, 0.3) is 43.8 Å². The molecule has 9 fully saturated rings. The van der Waals surface area contributed by atoms with Crippen LogP contribution in [0, 0.1) is 48.3 Å². The molecule has 9 aliphatic rings. The Morgan fingerprint density at radius 2 is 0.903 bits per heavy atom. The van der Waals surface area contributed by atoms with Gasteiger partial charge in [-0.05, 0) is 170 Å². The molecule has 8 bridgehead atoms. The zero-order chi connectivity index (χ0) is 42.2. The molecule has 6 aromatic rings. The fraction of sp³-hybridized carbons (Fsp3) is 0.500. The summed E-state index contributed by atoms with van der Waals surface area (Å²) in [7, 11) is 0. The van der Waals surface area contributed by atoms with Crippen LogP contribution in [0.1, 0.15) is 138 Å². The van der Waals surface area contributed by atoms with Gasteiger partial charge in [-0.15, -0.1) is 69.1 Å². The summed E-state index contributed by atoms with van der Waals surface area (Å²) in [4.78, 5) is 0. The van der Waals surface area contributed by atoms with Crippen LogP contribution in [0.5, 0.6) is 0 Å². The number of hydrogen-bond acceptors (Lipinski definition) is 0. The molecule has 2 heteroatoms. The van der Waals surface area contributed by atoms with Crippen molar-refractivity contribution in [3.8, 4) is 22.3 Å². The molecule has 318 valence electrons. The van der Waals surface area contributed by atoms with Gasteiger partial charge in [-0.1, -0.05) is 98.5 Å². The molecule has 0 spiro atoms. The minimum absolute atomic E-state index is 0.210. The van der Waals surface area contributed by atoms with Gasteiger partial charge < -0.3 is 0 Å². The molecule has 0 amide bonds. The van der Waals surface area contributed by atoms with E-state index in [0.717, 1.165) is 47.3 Å². The third kappa shape index (κ3) is 8.12. The van der Waals surface area contributed by atoms with Crippen LogP contribution in [0.2, 0.25) is 13.1 Å². The van der Waals surface area contributed by atoms with E-state index in [1.807, 2.05) is 0 Å². The molecule has 9 saturated carbocycles. The van der Waals surface area contributed by atoms with E-state index < -0.39 is 0 Å². The number of rotatable bonds is 5. The van der Waals surface area contributed by atoms with Crippen molar-refractivity contribution in [2.24, 2.45) is 41.4 Å². The molecular formula is C60H70SiZr. The first kappa shape index (κ1) is 41.9. The Bertz CT molecular complexity index is 2480. The van der Waals surface area contributed by atoms with E-state index in [4.69, 9.17) is 0 Å². The summed E-state index contributed by atoms with van der Waals surface area (Å²) < 4.78 is 0. The van der Waals surface area contributed by atoms with Crippen LogP contribution in [0.4, 0.5) is 0 Å². The Balaban J connectivity index is 0.000000131. The second-order valence-corrected chi connectivity index (χ2v) is 32.3. The maximum Gasteiger partial charge on any atom is -0.00391 e. The van der Waals surface area contributed by atoms with Crippen molar-refractivity contribution in [1.82, 2.24) is 0 Å². The SMILES string of the molecule is CC1CCC(c2cc3c(-c4ccc(C56CC7CC(CC(C7)C5)C6)cc4)cccc3[cH-]2)CC1.C[Si](C)=[Zr+2].Cc1cc2c(-c3ccc(C45CC6CC(CC(C6)C4)C5)cc3)cccc2[cH-]1. The molecule has 0 aliphatic heterocycles. The number of benzene rings is 4. The number of hydrogen-bond donors (Lipinski definition) is 0. The molecule has 0 unspecified atom stereocenters. The summed E-state index contributed by atoms with van der Waals surface area (Å²) in [6, 6.07) is 42.9. The molecule has 62 heavy (non-hydrogen) atoms. The molecule has 15 rings (SSSR count). The van der Waals surface area contributed by atoms with Gasteiger partial charge in [-0.25, -0.2) is 0 Å². The van der Waals surface area contributed by atoms with Crippen molar-refractivity contribution < 1.29 is 23.3 Å². The second-order valence-electron chi connectivity index (χ2n) is 22.9. The molecule has 0 radical (unpaired) electrons. The molecule has 0 saturated heterocycles. The van der Waals surface area contributed by atoms with Crippen LogP contribution in [0.3, 0.4) is 0 Å². The summed E-state index contributed by atoms with van der Waals surface area (Å²) in [6.45, 7) is 9.23. The summed E-state index contributed by atoms with van der Waals surface area (Å²) >= 11 is 1.74. The zero-order valence-corrected chi connectivity index (χ0v) is 41.8. The van der Waals surface area contributed by atoms with Gasteiger partial charge in [0.15, 0.2) is 0 Å². The summed E-state index contributed by atoms with van der Waals surface area (Å²) in [5, 5.41) is 5.66. The van der Waals surface area contributed by atoms with Crippen molar-refractivity contribution in [3.63, 3.8) is 0 Å². The van der Waals surface area contributed by atoms with E-state index in [9.17, 15) is 0 Å². The van der Waals surface area contributed by atoms with E-state index in [1.54, 1.807) is 40.0 Å². The van der Waals surface area contributed by atoms with Crippen LogP contribution in [-0.2, 0) is 34.2 Å². The average molecular weight is 911 g/mol. The Morgan fingerprint density at radius 1 is 0.516 bits per heavy atom. The Hall–Kier alpha value is -2.80. The van der Waals surface area contributed by atoms with Gasteiger partial charge >= 0.3 is 41.9 Å². The number of aryl methyl sites for hydroxylation is 1. The first-order valence-electron chi connectivity index (χ1n) is 25.2. The van der Waals surface area contributed by atoms with Crippen molar-refractivity contribution >= 4 is 27.0 Å². The van der Waals surface area contributed by atoms with Gasteiger partial charge in [0, 0.05) is 0 Å². The topological polar surface area (TPSA) is 0 Å². The zero-order valence-electron chi connectivity index (χ0n) is 38.3. The quantitative estimate of drug-likeness (QED) is 0.119. The molecule has 0 nitrogen and oxygen atoms in total. The smallest absolute Gasteiger partial charge is 0.00391 e. The monoisotopic (exact) mass is 908 g/mol. The van der Waals surface area contributed by atoms with Crippen LogP contribution in [-0.4, -0.2) is 5.43 Å². The van der Waals surface area contributed by atoms with Crippen LogP contribution >= 0.6 is 0 Å². The van der Waals surface area contributed by atoms with E-state index in [2.05, 4.69) is 136 Å². The van der Waals surface area contributed by atoms with E-state index >= 15 is 0 Å². The summed E-state index contributed by atoms with van der Waals surface area (Å²) in [5.41, 5.74) is 13.0. The third-order valence-electron chi connectivity index (χ3n) is 17.8. The fourth-order valence-electron chi connectivity index (χ4n) is 15.9. The molecule has 9 aliphatic carbocycles. The standard InChI is InChI=1S/C32H37.C26H27.C2H6Si.Zr/c1-21-5-7-25(8-6-21)28-16-27-3-2-4-30(31(27)17-28)26-9-11-29(12-10-26)32-18-22-13-23(19-32)15-24(14-22)20-32;1-17-9-22-3-2-4-24(25(22)10-17)21-5-7-23(8-6-21)26-14-18-11-19(15-26)13-20(12-18)16-26;1-3-2;/h2-4,9-12,16-17,21-25H,5-8,13-15,18-20H2,1H3;2-10,18-20H,11-16H2,1H3;1-2H3;/q2*-1;;+2. The van der Waals surface area contributed by atoms with Gasteiger partial charge in [-0.2, -0.15) is 12.1 Å². The van der Waals surface area contributed by atoms with Crippen molar-refractivity contribution in [2.45, 2.75) is 146 Å².